The van der Waals surface area contributed by atoms with Gasteiger partial charge >= 0.3 is 0 Å². The van der Waals surface area contributed by atoms with Gasteiger partial charge in [0.1, 0.15) is 0 Å². The lowest BCUT2D eigenvalue weighted by Gasteiger charge is -2.34. The highest BCUT2D eigenvalue weighted by Gasteiger charge is 2.28. The molecule has 1 amide bonds. The Morgan fingerprint density at radius 1 is 1.03 bits per heavy atom. The predicted octanol–water partition coefficient (Wildman–Crippen LogP) is 5.14. The lowest BCUT2D eigenvalue weighted by atomic mass is 9.92. The first kappa shape index (κ1) is 22.1. The van der Waals surface area contributed by atoms with Crippen molar-refractivity contribution in [2.24, 2.45) is 7.05 Å². The van der Waals surface area contributed by atoms with Crippen LogP contribution in [0.5, 0.6) is 23.0 Å². The van der Waals surface area contributed by atoms with Crippen LogP contribution in [-0.4, -0.2) is 38.9 Å². The van der Waals surface area contributed by atoms with Crippen LogP contribution >= 0.6 is 0 Å². The number of fused-ring (bicyclic) bond motifs is 3. The Morgan fingerprint density at radius 2 is 1.81 bits per heavy atom. The molecular formula is C29H26N2O5. The topological polar surface area (TPSA) is 84.2 Å². The molecule has 7 nitrogen and oxygen atoms in total. The molecule has 2 aliphatic heterocycles. The summed E-state index contributed by atoms with van der Waals surface area (Å²) >= 11 is 0. The number of hydrogen-bond acceptors (Lipinski definition) is 5. The summed E-state index contributed by atoms with van der Waals surface area (Å²) in [4.78, 5) is 15.2. The van der Waals surface area contributed by atoms with E-state index in [1.165, 1.54) is 0 Å². The van der Waals surface area contributed by atoms with Crippen molar-refractivity contribution < 1.29 is 24.5 Å². The van der Waals surface area contributed by atoms with E-state index >= 15 is 0 Å². The minimum Gasteiger partial charge on any atom is -0.504 e. The maximum atomic E-state index is 13.4. The van der Waals surface area contributed by atoms with Crippen LogP contribution in [0.4, 0.5) is 0 Å². The number of carbonyl (C=O) groups is 1. The summed E-state index contributed by atoms with van der Waals surface area (Å²) < 4.78 is 13.2. The fraction of sp³-hybridized carbons (Fsp3) is 0.207. The molecule has 7 heteroatoms. The lowest BCUT2D eigenvalue weighted by molar-refractivity contribution is -0.128. The fourth-order valence-corrected chi connectivity index (χ4v) is 5.38. The molecule has 0 fully saturated rings. The SMILES string of the molecule is CC1c2cc(O)c(O)cc2CCN1C(=O)C=Cc1c(-c2ccc3c(c2)OCO3)n(C)c2ccccc12. The molecule has 2 aliphatic rings. The lowest BCUT2D eigenvalue weighted by Crippen LogP contribution is -2.37. The van der Waals surface area contributed by atoms with Crippen LogP contribution in [0.25, 0.3) is 28.2 Å². The summed E-state index contributed by atoms with van der Waals surface area (Å²) in [5, 5.41) is 20.9. The van der Waals surface area contributed by atoms with E-state index in [1.54, 1.807) is 23.1 Å². The van der Waals surface area contributed by atoms with Crippen molar-refractivity contribution in [2.75, 3.05) is 13.3 Å². The minimum atomic E-state index is -0.224. The molecular weight excluding hydrogens is 456 g/mol. The van der Waals surface area contributed by atoms with Crippen molar-refractivity contribution in [2.45, 2.75) is 19.4 Å². The van der Waals surface area contributed by atoms with Gasteiger partial charge in [-0.25, -0.2) is 0 Å². The molecule has 1 atom stereocenters. The highest BCUT2D eigenvalue weighted by atomic mass is 16.7. The summed E-state index contributed by atoms with van der Waals surface area (Å²) in [5.41, 5.74) is 5.77. The molecule has 1 unspecified atom stereocenters. The Kier molecular flexibility index (Phi) is 5.14. The van der Waals surface area contributed by atoms with E-state index in [1.807, 2.05) is 50.4 Å². The van der Waals surface area contributed by atoms with Crippen molar-refractivity contribution in [3.8, 4) is 34.3 Å². The van der Waals surface area contributed by atoms with Crippen LogP contribution in [0.15, 0.2) is 60.7 Å². The highest BCUT2D eigenvalue weighted by Crippen LogP contribution is 2.40. The average Bonchev–Trinajstić information content (AvgIpc) is 3.46. The molecule has 0 spiro atoms. The second-order valence-electron chi connectivity index (χ2n) is 9.24. The number of ether oxygens (including phenoxy) is 2. The van der Waals surface area contributed by atoms with Crippen LogP contribution < -0.4 is 9.47 Å². The van der Waals surface area contributed by atoms with E-state index in [4.69, 9.17) is 9.47 Å². The normalized spacial score (nSPS) is 16.6. The largest absolute Gasteiger partial charge is 0.504 e. The molecule has 3 heterocycles. The fourth-order valence-electron chi connectivity index (χ4n) is 5.38. The molecule has 4 aromatic rings. The number of phenolic OH excluding ortho intramolecular Hbond substituents is 2. The number of para-hydroxylation sites is 1. The Bertz CT molecular complexity index is 1550. The van der Waals surface area contributed by atoms with Gasteiger partial charge in [-0.15, -0.1) is 0 Å². The number of aromatic nitrogens is 1. The van der Waals surface area contributed by atoms with E-state index in [9.17, 15) is 15.0 Å². The first-order chi connectivity index (χ1) is 17.4. The van der Waals surface area contributed by atoms with Crippen molar-refractivity contribution in [1.29, 1.82) is 0 Å². The minimum absolute atomic E-state index is 0.106. The molecule has 0 radical (unpaired) electrons. The van der Waals surface area contributed by atoms with Gasteiger partial charge in [0.05, 0.1) is 11.7 Å². The number of amides is 1. The maximum Gasteiger partial charge on any atom is 0.247 e. The number of rotatable bonds is 3. The number of aromatic hydroxyl groups is 2. The van der Waals surface area contributed by atoms with Crippen LogP contribution in [0.2, 0.25) is 0 Å². The zero-order chi connectivity index (χ0) is 25.0. The van der Waals surface area contributed by atoms with E-state index in [0.717, 1.165) is 44.6 Å². The van der Waals surface area contributed by atoms with Crippen molar-refractivity contribution in [3.63, 3.8) is 0 Å². The molecule has 36 heavy (non-hydrogen) atoms. The molecule has 0 saturated heterocycles. The number of phenols is 2. The van der Waals surface area contributed by atoms with Crippen molar-refractivity contribution >= 4 is 22.9 Å². The molecule has 1 aromatic heterocycles. The van der Waals surface area contributed by atoms with Crippen LogP contribution in [-0.2, 0) is 18.3 Å². The summed E-state index contributed by atoms with van der Waals surface area (Å²) in [6.45, 7) is 2.69. The number of benzene rings is 3. The van der Waals surface area contributed by atoms with Gasteiger partial charge in [0, 0.05) is 41.7 Å². The molecule has 2 N–H and O–H groups in total. The van der Waals surface area contributed by atoms with Crippen molar-refractivity contribution in [1.82, 2.24) is 9.47 Å². The first-order valence-electron chi connectivity index (χ1n) is 11.9. The number of hydrogen-bond donors (Lipinski definition) is 2. The van der Waals surface area contributed by atoms with E-state index < -0.39 is 0 Å². The van der Waals surface area contributed by atoms with Gasteiger partial charge in [-0.3, -0.25) is 4.79 Å². The third-order valence-electron chi connectivity index (χ3n) is 7.24. The number of nitrogens with zero attached hydrogens (tertiary/aromatic N) is 2. The van der Waals surface area contributed by atoms with E-state index in [2.05, 4.69) is 16.7 Å². The molecule has 6 rings (SSSR count). The van der Waals surface area contributed by atoms with Gasteiger partial charge < -0.3 is 29.2 Å². The Labute approximate surface area is 208 Å². The zero-order valence-corrected chi connectivity index (χ0v) is 20.1. The smallest absolute Gasteiger partial charge is 0.247 e. The van der Waals surface area contributed by atoms with Gasteiger partial charge in [-0.1, -0.05) is 18.2 Å². The Hall–Kier alpha value is -4.39. The van der Waals surface area contributed by atoms with Crippen LogP contribution in [0, 0.1) is 0 Å². The molecule has 3 aromatic carbocycles. The van der Waals surface area contributed by atoms with Crippen LogP contribution in [0.3, 0.4) is 0 Å². The summed E-state index contributed by atoms with van der Waals surface area (Å²) in [6.07, 6.45) is 4.13. The van der Waals surface area contributed by atoms with Gasteiger partial charge in [-0.05, 0) is 66.9 Å². The summed E-state index contributed by atoms with van der Waals surface area (Å²) in [5.74, 6) is 1.02. The van der Waals surface area contributed by atoms with Gasteiger partial charge in [0.2, 0.25) is 12.7 Å². The van der Waals surface area contributed by atoms with E-state index in [0.29, 0.717) is 18.7 Å². The van der Waals surface area contributed by atoms with Gasteiger partial charge in [-0.2, -0.15) is 0 Å². The second kappa shape index (κ2) is 8.37. The molecule has 0 saturated carbocycles. The third kappa shape index (κ3) is 3.47. The molecule has 0 aliphatic carbocycles. The number of aryl methyl sites for hydroxylation is 1. The highest BCUT2D eigenvalue weighted by molar-refractivity contribution is 6.01. The molecule has 182 valence electrons. The predicted molar refractivity (Wildman–Crippen MR) is 137 cm³/mol. The Balaban J connectivity index is 1.38. The van der Waals surface area contributed by atoms with Gasteiger partial charge in [0.15, 0.2) is 23.0 Å². The standard InChI is InChI=1S/C29H26N2O5/c1-17-22-15-25(33)24(32)13-18(22)11-12-31(17)28(34)10-8-21-20-5-3-4-6-23(20)30(2)29(21)19-7-9-26-27(14-19)36-16-35-26/h3-10,13-15,17,32-33H,11-12,16H2,1-2H3. The average molecular weight is 483 g/mol. The molecule has 0 bridgehead atoms. The van der Waals surface area contributed by atoms with E-state index in [-0.39, 0.29) is 30.2 Å². The zero-order valence-electron chi connectivity index (χ0n) is 20.1. The van der Waals surface area contributed by atoms with Gasteiger partial charge in [0.25, 0.3) is 0 Å². The first-order valence-corrected chi connectivity index (χ1v) is 11.9. The van der Waals surface area contributed by atoms with Crippen molar-refractivity contribution in [3.05, 3.63) is 77.4 Å². The quantitative estimate of drug-likeness (QED) is 0.312. The Morgan fingerprint density at radius 3 is 2.67 bits per heavy atom. The summed E-state index contributed by atoms with van der Waals surface area (Å²) in [6, 6.07) is 16.9. The second-order valence-corrected chi connectivity index (χ2v) is 9.24. The van der Waals surface area contributed by atoms with Crippen LogP contribution in [0.1, 0.15) is 29.7 Å². The number of carbonyl (C=O) groups excluding carboxylic acids is 1. The maximum absolute atomic E-state index is 13.4. The monoisotopic (exact) mass is 482 g/mol. The third-order valence-corrected chi connectivity index (χ3v) is 7.24. The summed E-state index contributed by atoms with van der Waals surface area (Å²) in [7, 11) is 2.02.